The molecule has 1 N–H and O–H groups in total. The van der Waals surface area contributed by atoms with E-state index in [0.29, 0.717) is 11.1 Å². The molecule has 19 heavy (non-hydrogen) atoms. The van der Waals surface area contributed by atoms with Crippen molar-refractivity contribution in [1.29, 1.82) is 0 Å². The van der Waals surface area contributed by atoms with Crippen molar-refractivity contribution < 1.29 is 14.3 Å². The minimum Gasteiger partial charge on any atom is -0.478 e. The number of carboxylic acids is 1. The van der Waals surface area contributed by atoms with Gasteiger partial charge in [0, 0.05) is 16.2 Å². The topological polar surface area (TPSA) is 50.2 Å². The van der Waals surface area contributed by atoms with Gasteiger partial charge in [-0.2, -0.15) is 0 Å². The Morgan fingerprint density at radius 1 is 1.37 bits per heavy atom. The van der Waals surface area contributed by atoms with Crippen molar-refractivity contribution in [2.24, 2.45) is 0 Å². The molecular formula is C13H8ClFINO2. The van der Waals surface area contributed by atoms with Gasteiger partial charge < -0.3 is 5.11 Å². The number of hydrogen-bond donors (Lipinski definition) is 1. The van der Waals surface area contributed by atoms with E-state index in [1.165, 1.54) is 18.3 Å². The lowest BCUT2D eigenvalue weighted by Gasteiger charge is -2.07. The number of halogens is 3. The number of rotatable bonds is 3. The number of pyridine rings is 1. The molecule has 0 unspecified atom stereocenters. The Kier molecular flexibility index (Phi) is 4.36. The van der Waals surface area contributed by atoms with E-state index in [0.717, 1.165) is 3.57 Å². The van der Waals surface area contributed by atoms with E-state index in [1.54, 1.807) is 12.1 Å². The van der Waals surface area contributed by atoms with Crippen LogP contribution in [0.3, 0.4) is 0 Å². The second-order valence-electron chi connectivity index (χ2n) is 3.88. The van der Waals surface area contributed by atoms with Crippen LogP contribution >= 0.6 is 34.2 Å². The van der Waals surface area contributed by atoms with Gasteiger partial charge in [-0.25, -0.2) is 14.2 Å². The summed E-state index contributed by atoms with van der Waals surface area (Å²) in [6.07, 6.45) is 1.34. The first kappa shape index (κ1) is 14.2. The largest absolute Gasteiger partial charge is 0.478 e. The number of carboxylic acid groups (broad SMARTS) is 1. The van der Waals surface area contributed by atoms with Gasteiger partial charge in [0.05, 0.1) is 5.56 Å². The first-order chi connectivity index (χ1) is 8.97. The normalized spacial score (nSPS) is 10.5. The van der Waals surface area contributed by atoms with Crippen LogP contribution in [0, 0.1) is 9.39 Å². The maximum Gasteiger partial charge on any atom is 0.337 e. The first-order valence-corrected chi connectivity index (χ1v) is 6.74. The molecule has 0 saturated carbocycles. The predicted molar refractivity (Wildman–Crippen MR) is 78.1 cm³/mol. The predicted octanol–water partition coefficient (Wildman–Crippen LogP) is 3.77. The van der Waals surface area contributed by atoms with Crippen LogP contribution < -0.4 is 0 Å². The van der Waals surface area contributed by atoms with Gasteiger partial charge in [0.15, 0.2) is 0 Å². The Morgan fingerprint density at radius 3 is 2.74 bits per heavy atom. The Labute approximate surface area is 127 Å². The summed E-state index contributed by atoms with van der Waals surface area (Å²) in [7, 11) is 0. The quantitative estimate of drug-likeness (QED) is 0.640. The second kappa shape index (κ2) is 5.83. The molecule has 0 radical (unpaired) electrons. The molecule has 0 spiro atoms. The lowest BCUT2D eigenvalue weighted by Crippen LogP contribution is -2.05. The Hall–Kier alpha value is -1.21. The Bertz CT molecular complexity index is 649. The summed E-state index contributed by atoms with van der Waals surface area (Å²) in [6.45, 7) is 0. The van der Waals surface area contributed by atoms with Crippen LogP contribution in [0.4, 0.5) is 4.39 Å². The molecule has 0 saturated heterocycles. The van der Waals surface area contributed by atoms with Crippen molar-refractivity contribution in [1.82, 2.24) is 4.98 Å². The van der Waals surface area contributed by atoms with E-state index >= 15 is 0 Å². The van der Waals surface area contributed by atoms with Crippen LogP contribution in [-0.4, -0.2) is 16.1 Å². The third-order valence-electron chi connectivity index (χ3n) is 2.58. The summed E-state index contributed by atoms with van der Waals surface area (Å²) >= 11 is 7.76. The number of hydrogen-bond acceptors (Lipinski definition) is 2. The van der Waals surface area contributed by atoms with Gasteiger partial charge in [-0.1, -0.05) is 17.7 Å². The third-order valence-corrected chi connectivity index (χ3v) is 3.46. The summed E-state index contributed by atoms with van der Waals surface area (Å²) in [5, 5.41) is 9.26. The Balaban J connectivity index is 2.42. The molecule has 0 fully saturated rings. The molecule has 6 heteroatoms. The van der Waals surface area contributed by atoms with Gasteiger partial charge >= 0.3 is 5.97 Å². The van der Waals surface area contributed by atoms with Crippen molar-refractivity contribution in [3.63, 3.8) is 0 Å². The molecule has 1 aromatic carbocycles. The van der Waals surface area contributed by atoms with Crippen LogP contribution in [0.5, 0.6) is 0 Å². The van der Waals surface area contributed by atoms with Gasteiger partial charge in [-0.05, 0) is 51.9 Å². The van der Waals surface area contributed by atoms with Gasteiger partial charge in [-0.15, -0.1) is 0 Å². The average Bonchev–Trinajstić information content (AvgIpc) is 2.32. The summed E-state index contributed by atoms with van der Waals surface area (Å²) in [4.78, 5) is 14.8. The van der Waals surface area contributed by atoms with Crippen LogP contribution in [-0.2, 0) is 6.42 Å². The van der Waals surface area contributed by atoms with E-state index < -0.39 is 5.97 Å². The zero-order chi connectivity index (χ0) is 14.0. The fourth-order valence-electron chi connectivity index (χ4n) is 1.68. The molecular weight excluding hydrogens is 384 g/mol. The zero-order valence-corrected chi connectivity index (χ0v) is 12.4. The molecule has 98 valence electrons. The number of benzene rings is 1. The minimum absolute atomic E-state index is 0.0300. The molecule has 1 aromatic heterocycles. The standard InChI is InChI=1S/C13H8ClFINO2/c14-12-4-8(10(6-17-12)13(18)19)3-7-1-2-9(16)5-11(7)15/h1-2,4-6H,3H2,(H,18,19). The maximum absolute atomic E-state index is 13.8. The zero-order valence-electron chi connectivity index (χ0n) is 9.53. The van der Waals surface area contributed by atoms with Gasteiger partial charge in [0.1, 0.15) is 11.0 Å². The summed E-state index contributed by atoms with van der Waals surface area (Å²) in [5.41, 5.74) is 0.889. The van der Waals surface area contributed by atoms with E-state index in [-0.39, 0.29) is 23.0 Å². The molecule has 2 aromatic rings. The average molecular weight is 392 g/mol. The first-order valence-electron chi connectivity index (χ1n) is 5.29. The molecule has 0 bridgehead atoms. The minimum atomic E-state index is -1.11. The molecule has 0 aliphatic heterocycles. The van der Waals surface area contributed by atoms with Crippen LogP contribution in [0.1, 0.15) is 21.5 Å². The van der Waals surface area contributed by atoms with Crippen LogP contribution in [0.15, 0.2) is 30.5 Å². The van der Waals surface area contributed by atoms with Crippen molar-refractivity contribution >= 4 is 40.2 Å². The summed E-state index contributed by atoms with van der Waals surface area (Å²) < 4.78 is 14.6. The summed E-state index contributed by atoms with van der Waals surface area (Å²) in [6, 6.07) is 6.25. The van der Waals surface area contributed by atoms with Gasteiger partial charge in [0.2, 0.25) is 0 Å². The highest BCUT2D eigenvalue weighted by Gasteiger charge is 2.13. The molecule has 2 rings (SSSR count). The van der Waals surface area contributed by atoms with Crippen LogP contribution in [0.25, 0.3) is 0 Å². The highest BCUT2D eigenvalue weighted by Crippen LogP contribution is 2.20. The fourth-order valence-corrected chi connectivity index (χ4v) is 2.31. The van der Waals surface area contributed by atoms with E-state index in [1.807, 2.05) is 22.6 Å². The number of aromatic nitrogens is 1. The van der Waals surface area contributed by atoms with Gasteiger partial charge in [0.25, 0.3) is 0 Å². The smallest absolute Gasteiger partial charge is 0.337 e. The van der Waals surface area contributed by atoms with Crippen LogP contribution in [0.2, 0.25) is 5.15 Å². The van der Waals surface area contributed by atoms with Crippen molar-refractivity contribution in [3.05, 3.63) is 61.7 Å². The number of aromatic carboxylic acids is 1. The van der Waals surface area contributed by atoms with Crippen molar-refractivity contribution in [3.8, 4) is 0 Å². The van der Waals surface area contributed by atoms with E-state index in [9.17, 15) is 9.18 Å². The third kappa shape index (κ3) is 3.42. The monoisotopic (exact) mass is 391 g/mol. The van der Waals surface area contributed by atoms with Crippen molar-refractivity contribution in [2.45, 2.75) is 6.42 Å². The SMILES string of the molecule is O=C(O)c1cnc(Cl)cc1Cc1ccc(I)cc1F. The highest BCUT2D eigenvalue weighted by molar-refractivity contribution is 14.1. The lowest BCUT2D eigenvalue weighted by atomic mass is 10.0. The molecule has 0 atom stereocenters. The lowest BCUT2D eigenvalue weighted by molar-refractivity contribution is 0.0695. The second-order valence-corrected chi connectivity index (χ2v) is 5.51. The van der Waals surface area contributed by atoms with Crippen molar-refractivity contribution in [2.75, 3.05) is 0 Å². The molecule has 3 nitrogen and oxygen atoms in total. The highest BCUT2D eigenvalue weighted by atomic mass is 127. The van der Waals surface area contributed by atoms with E-state index in [4.69, 9.17) is 16.7 Å². The molecule has 0 amide bonds. The summed E-state index contributed by atoms with van der Waals surface area (Å²) in [5.74, 6) is -1.47. The molecule has 1 heterocycles. The fraction of sp³-hybridized carbons (Fsp3) is 0.0769. The molecule has 0 aliphatic rings. The maximum atomic E-state index is 13.8. The number of nitrogens with zero attached hydrogens (tertiary/aromatic N) is 1. The molecule has 0 aliphatic carbocycles. The number of carbonyl (C=O) groups is 1. The van der Waals surface area contributed by atoms with E-state index in [2.05, 4.69) is 4.98 Å². The van der Waals surface area contributed by atoms with Gasteiger partial charge in [-0.3, -0.25) is 0 Å². The Morgan fingerprint density at radius 2 is 2.11 bits per heavy atom.